The van der Waals surface area contributed by atoms with Gasteiger partial charge in [0, 0.05) is 5.56 Å². The fourth-order valence-electron chi connectivity index (χ4n) is 2.09. The molecule has 0 bridgehead atoms. The summed E-state index contributed by atoms with van der Waals surface area (Å²) in [5, 5.41) is 0. The van der Waals surface area contributed by atoms with Crippen LogP contribution >= 0.6 is 0 Å². The van der Waals surface area contributed by atoms with E-state index in [1.165, 1.54) is 5.56 Å². The van der Waals surface area contributed by atoms with Gasteiger partial charge in [-0.25, -0.2) is 0 Å². The van der Waals surface area contributed by atoms with Crippen molar-refractivity contribution in [2.24, 2.45) is 0 Å². The van der Waals surface area contributed by atoms with Crippen molar-refractivity contribution in [3.8, 4) is 5.75 Å². The molecule has 2 heteroatoms. The predicted octanol–water partition coefficient (Wildman–Crippen LogP) is 5.09. The Morgan fingerprint density at radius 2 is 1.56 bits per heavy atom. The summed E-state index contributed by atoms with van der Waals surface area (Å²) in [4.78, 5) is 11.4. The fraction of sp³-hybridized carbons (Fsp3) is 0.625. The molecule has 0 amide bonds. The second-order valence-corrected chi connectivity index (χ2v) is 5.10. The smallest absolute Gasteiger partial charge is 0.168 e. The van der Waals surface area contributed by atoms with E-state index < -0.39 is 0 Å². The topological polar surface area (TPSA) is 18.5 Å². The van der Waals surface area contributed by atoms with Crippen molar-refractivity contribution in [2.45, 2.75) is 65.4 Å². The molecular weight excluding hydrogens is 224 g/mol. The highest BCUT2D eigenvalue weighted by Gasteiger charge is 2.27. The van der Waals surface area contributed by atoms with Crippen molar-refractivity contribution in [3.63, 3.8) is 0 Å². The lowest BCUT2D eigenvalue weighted by Crippen LogP contribution is -2.31. The van der Waals surface area contributed by atoms with Crippen LogP contribution in [0.3, 0.4) is 0 Å². The molecule has 0 heterocycles. The summed E-state index contributed by atoms with van der Waals surface area (Å²) in [5.41, 5.74) is 1.03. The van der Waals surface area contributed by atoms with E-state index in [0.29, 0.717) is 5.92 Å². The first kappa shape index (κ1) is 15.0. The quantitative estimate of drug-likeness (QED) is 0.495. The van der Waals surface area contributed by atoms with Crippen LogP contribution in [0, 0.1) is 0 Å². The van der Waals surface area contributed by atoms with Crippen molar-refractivity contribution in [1.82, 2.24) is 0 Å². The number of hydrogen-bond donors (Lipinski definition) is 0. The molecule has 0 saturated carbocycles. The third-order valence-electron chi connectivity index (χ3n) is 3.78. The Morgan fingerprint density at radius 3 is 2.06 bits per heavy atom. The third kappa shape index (κ3) is 3.49. The van der Waals surface area contributed by atoms with Crippen LogP contribution in [0.15, 0.2) is 24.3 Å². The van der Waals surface area contributed by atoms with E-state index in [0.717, 1.165) is 25.0 Å². The average Bonchev–Trinajstić information content (AvgIpc) is 2.41. The molecule has 18 heavy (non-hydrogen) atoms. The molecule has 0 aliphatic rings. The van der Waals surface area contributed by atoms with Gasteiger partial charge < -0.3 is 4.89 Å². The number of hydrogen-bond acceptors (Lipinski definition) is 2. The van der Waals surface area contributed by atoms with E-state index in [-0.39, 0.29) is 5.60 Å². The molecule has 0 aromatic heterocycles. The minimum absolute atomic E-state index is 0.163. The maximum Gasteiger partial charge on any atom is 0.168 e. The second-order valence-electron chi connectivity index (χ2n) is 5.10. The Balaban J connectivity index is 2.79. The van der Waals surface area contributed by atoms with Gasteiger partial charge in [0.2, 0.25) is 0 Å². The van der Waals surface area contributed by atoms with Crippen LogP contribution in [0.5, 0.6) is 5.75 Å². The SMILES string of the molecule is CCC(CC)(CC)OOc1ccccc1C(C)C. The molecule has 0 N–H and O–H groups in total. The van der Waals surface area contributed by atoms with Gasteiger partial charge in [-0.15, -0.1) is 0 Å². The summed E-state index contributed by atoms with van der Waals surface area (Å²) in [6, 6.07) is 8.08. The largest absolute Gasteiger partial charge is 0.337 e. The first-order valence-electron chi connectivity index (χ1n) is 7.03. The Bertz CT molecular complexity index is 346. The lowest BCUT2D eigenvalue weighted by Gasteiger charge is -2.29. The molecular formula is C16H26O2. The van der Waals surface area contributed by atoms with Crippen LogP contribution in [0.2, 0.25) is 0 Å². The monoisotopic (exact) mass is 250 g/mol. The minimum Gasteiger partial charge on any atom is -0.337 e. The van der Waals surface area contributed by atoms with Crippen molar-refractivity contribution in [2.75, 3.05) is 0 Å². The van der Waals surface area contributed by atoms with Gasteiger partial charge in [-0.1, -0.05) is 52.8 Å². The van der Waals surface area contributed by atoms with Crippen molar-refractivity contribution in [3.05, 3.63) is 29.8 Å². The molecule has 1 rings (SSSR count). The molecule has 1 aromatic rings. The molecule has 1 aromatic carbocycles. The van der Waals surface area contributed by atoms with Gasteiger partial charge in [-0.3, -0.25) is 0 Å². The normalized spacial score (nSPS) is 11.9. The third-order valence-corrected chi connectivity index (χ3v) is 3.78. The van der Waals surface area contributed by atoms with E-state index in [1.54, 1.807) is 0 Å². The summed E-state index contributed by atoms with van der Waals surface area (Å²) in [5.74, 6) is 1.27. The average molecular weight is 250 g/mol. The highest BCUT2D eigenvalue weighted by molar-refractivity contribution is 5.35. The standard InChI is InChI=1S/C16H26O2/c1-6-16(7-2,8-3)18-17-15-12-10-9-11-14(15)13(4)5/h9-13H,6-8H2,1-5H3. The van der Waals surface area contributed by atoms with E-state index in [2.05, 4.69) is 40.7 Å². The molecule has 0 aliphatic carbocycles. The summed E-state index contributed by atoms with van der Waals surface area (Å²) < 4.78 is 0. The van der Waals surface area contributed by atoms with Crippen molar-refractivity contribution in [1.29, 1.82) is 0 Å². The van der Waals surface area contributed by atoms with Crippen LogP contribution in [0.1, 0.15) is 65.4 Å². The summed E-state index contributed by atoms with van der Waals surface area (Å²) in [6.45, 7) is 10.8. The van der Waals surface area contributed by atoms with E-state index in [1.807, 2.05) is 18.2 Å². The first-order chi connectivity index (χ1) is 8.58. The summed E-state index contributed by atoms with van der Waals surface area (Å²) >= 11 is 0. The van der Waals surface area contributed by atoms with Crippen LogP contribution in [0.4, 0.5) is 0 Å². The van der Waals surface area contributed by atoms with Crippen molar-refractivity contribution >= 4 is 0 Å². The van der Waals surface area contributed by atoms with E-state index in [9.17, 15) is 0 Å². The molecule has 0 radical (unpaired) electrons. The van der Waals surface area contributed by atoms with Gasteiger partial charge in [0.05, 0.1) is 0 Å². The zero-order valence-electron chi connectivity index (χ0n) is 12.3. The van der Waals surface area contributed by atoms with Crippen molar-refractivity contribution < 1.29 is 9.78 Å². The molecule has 0 unspecified atom stereocenters. The minimum atomic E-state index is -0.163. The van der Waals surface area contributed by atoms with E-state index >= 15 is 0 Å². The molecule has 0 fully saturated rings. The number of benzene rings is 1. The Morgan fingerprint density at radius 1 is 1.00 bits per heavy atom. The van der Waals surface area contributed by atoms with Gasteiger partial charge in [0.1, 0.15) is 5.60 Å². The maximum atomic E-state index is 5.75. The van der Waals surface area contributed by atoms with Gasteiger partial charge in [0.15, 0.2) is 5.75 Å². The molecule has 2 nitrogen and oxygen atoms in total. The molecule has 102 valence electrons. The second kappa shape index (κ2) is 6.79. The lowest BCUT2D eigenvalue weighted by molar-refractivity contribution is -0.296. The molecule has 0 spiro atoms. The lowest BCUT2D eigenvalue weighted by atomic mass is 9.95. The maximum absolute atomic E-state index is 5.75. The Kier molecular flexibility index (Phi) is 5.67. The molecule has 0 atom stereocenters. The summed E-state index contributed by atoms with van der Waals surface area (Å²) in [7, 11) is 0. The predicted molar refractivity (Wildman–Crippen MR) is 75.8 cm³/mol. The van der Waals surface area contributed by atoms with Crippen LogP contribution < -0.4 is 4.89 Å². The van der Waals surface area contributed by atoms with Gasteiger partial charge in [-0.2, -0.15) is 4.89 Å². The fourth-order valence-corrected chi connectivity index (χ4v) is 2.09. The summed E-state index contributed by atoms with van der Waals surface area (Å²) in [6.07, 6.45) is 2.89. The van der Waals surface area contributed by atoms with Crippen LogP contribution in [-0.2, 0) is 4.89 Å². The first-order valence-corrected chi connectivity index (χ1v) is 7.03. The molecule has 0 aliphatic heterocycles. The van der Waals surface area contributed by atoms with Gasteiger partial charge >= 0.3 is 0 Å². The highest BCUT2D eigenvalue weighted by atomic mass is 17.2. The van der Waals surface area contributed by atoms with Crippen LogP contribution in [-0.4, -0.2) is 5.60 Å². The highest BCUT2D eigenvalue weighted by Crippen LogP contribution is 2.30. The number of para-hydroxylation sites is 1. The van der Waals surface area contributed by atoms with Gasteiger partial charge in [-0.05, 0) is 31.2 Å². The van der Waals surface area contributed by atoms with Crippen LogP contribution in [0.25, 0.3) is 0 Å². The van der Waals surface area contributed by atoms with Gasteiger partial charge in [0.25, 0.3) is 0 Å². The molecule has 0 saturated heterocycles. The zero-order chi connectivity index (χ0) is 13.6. The Labute approximate surface area is 111 Å². The Hall–Kier alpha value is -1.02. The van der Waals surface area contributed by atoms with E-state index in [4.69, 9.17) is 9.78 Å². The number of rotatable bonds is 7. The zero-order valence-corrected chi connectivity index (χ0v) is 12.3.